The first-order valence-corrected chi connectivity index (χ1v) is 10.3. The Hall–Kier alpha value is -3.19. The Labute approximate surface area is 182 Å². The van der Waals surface area contributed by atoms with Crippen molar-refractivity contribution in [3.63, 3.8) is 0 Å². The minimum Gasteiger partial charge on any atom is -0.471 e. The van der Waals surface area contributed by atoms with Crippen molar-refractivity contribution in [1.29, 1.82) is 0 Å². The van der Waals surface area contributed by atoms with E-state index in [-0.39, 0.29) is 24.5 Å². The average Bonchev–Trinajstić information content (AvgIpc) is 3.20. The molecule has 1 heterocycles. The zero-order valence-electron chi connectivity index (χ0n) is 18.4. The zero-order valence-corrected chi connectivity index (χ0v) is 18.4. The highest BCUT2D eigenvalue weighted by molar-refractivity contribution is 5.92. The largest absolute Gasteiger partial charge is 0.471 e. The van der Waals surface area contributed by atoms with Crippen molar-refractivity contribution in [2.75, 3.05) is 20.6 Å². The highest BCUT2D eigenvalue weighted by atomic mass is 19.1. The van der Waals surface area contributed by atoms with E-state index in [2.05, 4.69) is 16.5 Å². The predicted octanol–water partition coefficient (Wildman–Crippen LogP) is 4.10. The molecule has 0 saturated heterocycles. The molecule has 0 aliphatic rings. The summed E-state index contributed by atoms with van der Waals surface area (Å²) in [4.78, 5) is 14.8. The molecular formula is C24H29FN4O2. The first-order valence-electron chi connectivity index (χ1n) is 10.3. The van der Waals surface area contributed by atoms with Gasteiger partial charge in [0.2, 0.25) is 0 Å². The van der Waals surface area contributed by atoms with Gasteiger partial charge >= 0.3 is 0 Å². The molecule has 31 heavy (non-hydrogen) atoms. The molecule has 0 fully saturated rings. The number of hydrogen-bond acceptors (Lipinski definition) is 4. The van der Waals surface area contributed by atoms with Crippen LogP contribution in [-0.4, -0.2) is 41.2 Å². The van der Waals surface area contributed by atoms with Gasteiger partial charge in [-0.1, -0.05) is 29.8 Å². The summed E-state index contributed by atoms with van der Waals surface area (Å²) in [6.07, 6.45) is 2.41. The molecule has 0 bridgehead atoms. The molecule has 1 atom stereocenters. The van der Waals surface area contributed by atoms with Gasteiger partial charge in [-0.2, -0.15) is 5.10 Å². The van der Waals surface area contributed by atoms with Crippen molar-refractivity contribution in [2.45, 2.75) is 33.0 Å². The molecular weight excluding hydrogens is 395 g/mol. The maximum absolute atomic E-state index is 13.3. The second kappa shape index (κ2) is 10.2. The Balaban J connectivity index is 1.65. The minimum absolute atomic E-state index is 0.208. The monoisotopic (exact) mass is 424 g/mol. The maximum Gasteiger partial charge on any atom is 0.272 e. The third-order valence-electron chi connectivity index (χ3n) is 5.00. The van der Waals surface area contributed by atoms with Crippen LogP contribution in [0.3, 0.4) is 0 Å². The standard InChI is InChI=1S/C24H29FN4O2/c1-17-5-10-23(18(2)15-17)31-16-29-14-12-22(27-29)24(30)26-21(11-13-28(3)4)19-6-8-20(25)9-7-19/h5-10,12,14-15,21H,11,13,16H2,1-4H3,(H,26,30). The highest BCUT2D eigenvalue weighted by Crippen LogP contribution is 2.20. The van der Waals surface area contributed by atoms with Crippen LogP contribution in [0.2, 0.25) is 0 Å². The van der Waals surface area contributed by atoms with Crippen molar-refractivity contribution >= 4 is 5.91 Å². The van der Waals surface area contributed by atoms with Crippen LogP contribution in [0.4, 0.5) is 4.39 Å². The maximum atomic E-state index is 13.3. The topological polar surface area (TPSA) is 59.4 Å². The van der Waals surface area contributed by atoms with Gasteiger partial charge in [0.1, 0.15) is 17.3 Å². The van der Waals surface area contributed by atoms with E-state index in [1.165, 1.54) is 17.7 Å². The lowest BCUT2D eigenvalue weighted by atomic mass is 10.0. The Morgan fingerprint density at radius 1 is 1.16 bits per heavy atom. The fourth-order valence-electron chi connectivity index (χ4n) is 3.29. The van der Waals surface area contributed by atoms with Crippen molar-refractivity contribution in [3.05, 3.63) is 82.9 Å². The molecule has 0 spiro atoms. The number of benzene rings is 2. The fraction of sp³-hybridized carbons (Fsp3) is 0.333. The average molecular weight is 425 g/mol. The number of halogens is 1. The molecule has 7 heteroatoms. The van der Waals surface area contributed by atoms with Crippen LogP contribution in [0.5, 0.6) is 5.75 Å². The SMILES string of the molecule is Cc1ccc(OCn2ccc(C(=O)NC(CCN(C)C)c3ccc(F)cc3)n2)c(C)c1. The fourth-order valence-corrected chi connectivity index (χ4v) is 3.29. The lowest BCUT2D eigenvalue weighted by molar-refractivity contribution is 0.0925. The number of ether oxygens (including phenoxy) is 1. The van der Waals surface area contributed by atoms with Gasteiger partial charge in [-0.25, -0.2) is 9.07 Å². The number of carbonyl (C=O) groups is 1. The Bertz CT molecular complexity index is 1010. The van der Waals surface area contributed by atoms with Gasteiger partial charge in [0, 0.05) is 6.20 Å². The highest BCUT2D eigenvalue weighted by Gasteiger charge is 2.18. The van der Waals surface area contributed by atoms with Gasteiger partial charge in [-0.15, -0.1) is 0 Å². The van der Waals surface area contributed by atoms with E-state index in [9.17, 15) is 9.18 Å². The molecule has 2 aromatic carbocycles. The smallest absolute Gasteiger partial charge is 0.272 e. The molecule has 1 unspecified atom stereocenters. The molecule has 1 aromatic heterocycles. The van der Waals surface area contributed by atoms with Crippen LogP contribution in [0.15, 0.2) is 54.7 Å². The first kappa shape index (κ1) is 22.5. The summed E-state index contributed by atoms with van der Waals surface area (Å²) < 4.78 is 20.7. The molecule has 164 valence electrons. The Morgan fingerprint density at radius 2 is 1.90 bits per heavy atom. The molecule has 6 nitrogen and oxygen atoms in total. The Morgan fingerprint density at radius 3 is 2.58 bits per heavy atom. The van der Waals surface area contributed by atoms with E-state index in [1.54, 1.807) is 29.1 Å². The van der Waals surface area contributed by atoms with Gasteiger partial charge < -0.3 is 15.0 Å². The van der Waals surface area contributed by atoms with E-state index in [0.717, 1.165) is 23.4 Å². The number of rotatable bonds is 9. The van der Waals surface area contributed by atoms with Gasteiger partial charge in [-0.05, 0) is 76.3 Å². The second-order valence-corrected chi connectivity index (χ2v) is 7.95. The lowest BCUT2D eigenvalue weighted by Crippen LogP contribution is -2.31. The van der Waals surface area contributed by atoms with Gasteiger partial charge in [-0.3, -0.25) is 4.79 Å². The molecule has 3 aromatic rings. The van der Waals surface area contributed by atoms with Crippen LogP contribution in [0, 0.1) is 19.7 Å². The lowest BCUT2D eigenvalue weighted by Gasteiger charge is -2.21. The van der Waals surface area contributed by atoms with Gasteiger partial charge in [0.15, 0.2) is 6.73 Å². The summed E-state index contributed by atoms with van der Waals surface area (Å²) in [7, 11) is 3.95. The minimum atomic E-state index is -0.302. The quantitative estimate of drug-likeness (QED) is 0.562. The van der Waals surface area contributed by atoms with E-state index in [0.29, 0.717) is 12.1 Å². The van der Waals surface area contributed by atoms with Gasteiger partial charge in [0.05, 0.1) is 6.04 Å². The number of aromatic nitrogens is 2. The summed E-state index contributed by atoms with van der Waals surface area (Å²) in [5.74, 6) is 0.203. The van der Waals surface area contributed by atoms with E-state index in [4.69, 9.17) is 4.74 Å². The summed E-state index contributed by atoms with van der Waals surface area (Å²) in [5, 5.41) is 7.36. The normalized spacial score (nSPS) is 12.1. The van der Waals surface area contributed by atoms with E-state index >= 15 is 0 Å². The van der Waals surface area contributed by atoms with Crippen LogP contribution in [0.25, 0.3) is 0 Å². The van der Waals surface area contributed by atoms with Crippen LogP contribution < -0.4 is 10.1 Å². The predicted molar refractivity (Wildman–Crippen MR) is 119 cm³/mol. The van der Waals surface area contributed by atoms with Crippen molar-refractivity contribution in [1.82, 2.24) is 20.0 Å². The summed E-state index contributed by atoms with van der Waals surface area (Å²) >= 11 is 0. The van der Waals surface area contributed by atoms with E-state index in [1.807, 2.05) is 45.0 Å². The summed E-state index contributed by atoms with van der Waals surface area (Å²) in [5.41, 5.74) is 3.39. The number of nitrogens with zero attached hydrogens (tertiary/aromatic N) is 3. The Kier molecular flexibility index (Phi) is 7.41. The first-order chi connectivity index (χ1) is 14.8. The molecule has 0 aliphatic heterocycles. The molecule has 1 amide bonds. The van der Waals surface area contributed by atoms with Crippen molar-refractivity contribution in [3.8, 4) is 5.75 Å². The third kappa shape index (κ3) is 6.39. The molecule has 0 saturated carbocycles. The zero-order chi connectivity index (χ0) is 22.4. The number of nitrogens with one attached hydrogen (secondary N) is 1. The van der Waals surface area contributed by atoms with Crippen LogP contribution in [0.1, 0.15) is 39.6 Å². The molecule has 0 radical (unpaired) electrons. The van der Waals surface area contributed by atoms with E-state index < -0.39 is 0 Å². The van der Waals surface area contributed by atoms with Crippen LogP contribution in [-0.2, 0) is 6.73 Å². The number of carbonyl (C=O) groups excluding carboxylic acids is 1. The third-order valence-corrected chi connectivity index (χ3v) is 5.00. The van der Waals surface area contributed by atoms with Gasteiger partial charge in [0.25, 0.3) is 5.91 Å². The number of amides is 1. The van der Waals surface area contributed by atoms with Crippen LogP contribution >= 0.6 is 0 Å². The second-order valence-electron chi connectivity index (χ2n) is 7.95. The summed E-state index contributed by atoms with van der Waals surface area (Å²) in [6.45, 7) is 5.01. The molecule has 0 aliphatic carbocycles. The molecule has 1 N–H and O–H groups in total. The van der Waals surface area contributed by atoms with Crippen molar-refractivity contribution in [2.24, 2.45) is 0 Å². The number of aryl methyl sites for hydroxylation is 2. The number of hydrogen-bond donors (Lipinski definition) is 1. The van der Waals surface area contributed by atoms with Crippen molar-refractivity contribution < 1.29 is 13.9 Å². The summed E-state index contributed by atoms with van der Waals surface area (Å²) in [6, 6.07) is 13.6. The molecule has 3 rings (SSSR count).